The highest BCUT2D eigenvalue weighted by atomic mass is 15.3. The SMILES string of the molecule is CNCc1nn(C)c(C)c1CC(C)C. The topological polar surface area (TPSA) is 29.9 Å². The Morgan fingerprint density at radius 3 is 2.57 bits per heavy atom. The first kappa shape index (κ1) is 11.2. The summed E-state index contributed by atoms with van der Waals surface area (Å²) in [6.45, 7) is 7.50. The number of aromatic nitrogens is 2. The maximum Gasteiger partial charge on any atom is 0.0797 e. The summed E-state index contributed by atoms with van der Waals surface area (Å²) in [6.07, 6.45) is 1.12. The van der Waals surface area contributed by atoms with Gasteiger partial charge in [0, 0.05) is 19.3 Å². The summed E-state index contributed by atoms with van der Waals surface area (Å²) in [5.74, 6) is 0.688. The molecule has 0 saturated carbocycles. The van der Waals surface area contributed by atoms with Crippen molar-refractivity contribution in [3.05, 3.63) is 17.0 Å². The zero-order valence-electron chi connectivity index (χ0n) is 9.89. The van der Waals surface area contributed by atoms with E-state index < -0.39 is 0 Å². The van der Waals surface area contributed by atoms with Crippen molar-refractivity contribution in [2.24, 2.45) is 13.0 Å². The van der Waals surface area contributed by atoms with E-state index in [1.54, 1.807) is 0 Å². The Balaban J connectivity index is 2.97. The van der Waals surface area contributed by atoms with Crippen LogP contribution in [0.1, 0.15) is 30.8 Å². The van der Waals surface area contributed by atoms with Crippen LogP contribution in [0.25, 0.3) is 0 Å². The summed E-state index contributed by atoms with van der Waals surface area (Å²) in [7, 11) is 3.97. The second-order valence-electron chi connectivity index (χ2n) is 4.26. The molecule has 0 atom stereocenters. The zero-order chi connectivity index (χ0) is 10.7. The number of rotatable bonds is 4. The first-order valence-electron chi connectivity index (χ1n) is 5.22. The number of aryl methyl sites for hydroxylation is 1. The van der Waals surface area contributed by atoms with E-state index in [2.05, 4.69) is 31.2 Å². The monoisotopic (exact) mass is 195 g/mol. The van der Waals surface area contributed by atoms with Crippen molar-refractivity contribution in [2.75, 3.05) is 7.05 Å². The molecule has 0 aromatic carbocycles. The van der Waals surface area contributed by atoms with Crippen LogP contribution in [-0.4, -0.2) is 16.8 Å². The fourth-order valence-corrected chi connectivity index (χ4v) is 1.70. The molecular weight excluding hydrogens is 174 g/mol. The molecular formula is C11H21N3. The van der Waals surface area contributed by atoms with Crippen LogP contribution in [0.15, 0.2) is 0 Å². The van der Waals surface area contributed by atoms with E-state index in [4.69, 9.17) is 0 Å². The van der Waals surface area contributed by atoms with Gasteiger partial charge < -0.3 is 5.32 Å². The minimum Gasteiger partial charge on any atom is -0.314 e. The molecule has 1 N–H and O–H groups in total. The lowest BCUT2D eigenvalue weighted by Crippen LogP contribution is -2.09. The molecule has 0 aliphatic rings. The largest absolute Gasteiger partial charge is 0.314 e. The summed E-state index contributed by atoms with van der Waals surface area (Å²) in [4.78, 5) is 0. The predicted octanol–water partition coefficient (Wildman–Crippen LogP) is 1.65. The van der Waals surface area contributed by atoms with Gasteiger partial charge in [-0.2, -0.15) is 5.10 Å². The van der Waals surface area contributed by atoms with Crippen molar-refractivity contribution < 1.29 is 0 Å². The van der Waals surface area contributed by atoms with E-state index in [0.717, 1.165) is 13.0 Å². The van der Waals surface area contributed by atoms with Crippen LogP contribution in [0.4, 0.5) is 0 Å². The zero-order valence-corrected chi connectivity index (χ0v) is 9.89. The van der Waals surface area contributed by atoms with E-state index in [0.29, 0.717) is 5.92 Å². The average molecular weight is 195 g/mol. The minimum atomic E-state index is 0.688. The lowest BCUT2D eigenvalue weighted by molar-refractivity contribution is 0.636. The van der Waals surface area contributed by atoms with Crippen molar-refractivity contribution in [2.45, 2.75) is 33.7 Å². The van der Waals surface area contributed by atoms with Crippen molar-refractivity contribution in [3.63, 3.8) is 0 Å². The summed E-state index contributed by atoms with van der Waals surface area (Å²) >= 11 is 0. The van der Waals surface area contributed by atoms with Crippen LogP contribution in [0.2, 0.25) is 0 Å². The Kier molecular flexibility index (Phi) is 3.69. The second-order valence-corrected chi connectivity index (χ2v) is 4.26. The third-order valence-corrected chi connectivity index (χ3v) is 2.50. The molecule has 0 amide bonds. The maximum atomic E-state index is 4.51. The van der Waals surface area contributed by atoms with Gasteiger partial charge in [-0.3, -0.25) is 4.68 Å². The van der Waals surface area contributed by atoms with Crippen LogP contribution in [0.3, 0.4) is 0 Å². The van der Waals surface area contributed by atoms with E-state index in [1.807, 2.05) is 18.8 Å². The molecule has 1 rings (SSSR count). The van der Waals surface area contributed by atoms with Crippen molar-refractivity contribution in [3.8, 4) is 0 Å². The fourth-order valence-electron chi connectivity index (χ4n) is 1.70. The normalized spacial score (nSPS) is 11.3. The predicted molar refractivity (Wildman–Crippen MR) is 59.3 cm³/mol. The van der Waals surface area contributed by atoms with Crippen LogP contribution < -0.4 is 5.32 Å². The molecule has 14 heavy (non-hydrogen) atoms. The Morgan fingerprint density at radius 2 is 2.07 bits per heavy atom. The highest BCUT2D eigenvalue weighted by Gasteiger charge is 2.12. The van der Waals surface area contributed by atoms with Gasteiger partial charge in [0.25, 0.3) is 0 Å². The first-order chi connectivity index (χ1) is 6.56. The maximum absolute atomic E-state index is 4.51. The van der Waals surface area contributed by atoms with Crippen molar-refractivity contribution in [1.82, 2.24) is 15.1 Å². The van der Waals surface area contributed by atoms with Gasteiger partial charge in [-0.15, -0.1) is 0 Å². The lowest BCUT2D eigenvalue weighted by Gasteiger charge is -2.06. The van der Waals surface area contributed by atoms with Gasteiger partial charge in [-0.05, 0) is 31.9 Å². The third-order valence-electron chi connectivity index (χ3n) is 2.50. The van der Waals surface area contributed by atoms with E-state index in [1.165, 1.54) is 17.0 Å². The summed E-state index contributed by atoms with van der Waals surface area (Å²) in [5, 5.41) is 7.67. The van der Waals surface area contributed by atoms with Crippen LogP contribution in [0.5, 0.6) is 0 Å². The number of hydrogen-bond acceptors (Lipinski definition) is 2. The molecule has 0 unspecified atom stereocenters. The number of nitrogens with zero attached hydrogens (tertiary/aromatic N) is 2. The van der Waals surface area contributed by atoms with Gasteiger partial charge in [0.2, 0.25) is 0 Å². The molecule has 1 aromatic rings. The standard InChI is InChI=1S/C11H21N3/c1-8(2)6-10-9(3)14(5)13-11(10)7-12-4/h8,12H,6-7H2,1-5H3. The third kappa shape index (κ3) is 2.35. The molecule has 0 bridgehead atoms. The molecule has 0 spiro atoms. The van der Waals surface area contributed by atoms with Crippen molar-refractivity contribution >= 4 is 0 Å². The summed E-state index contributed by atoms with van der Waals surface area (Å²) < 4.78 is 1.98. The molecule has 0 aliphatic carbocycles. The Morgan fingerprint density at radius 1 is 1.43 bits per heavy atom. The fraction of sp³-hybridized carbons (Fsp3) is 0.727. The molecule has 3 heteroatoms. The van der Waals surface area contributed by atoms with Gasteiger partial charge in [-0.1, -0.05) is 13.8 Å². The van der Waals surface area contributed by atoms with Gasteiger partial charge in [0.1, 0.15) is 0 Å². The molecule has 0 fully saturated rings. The quantitative estimate of drug-likeness (QED) is 0.791. The van der Waals surface area contributed by atoms with E-state index in [9.17, 15) is 0 Å². The number of hydrogen-bond donors (Lipinski definition) is 1. The van der Waals surface area contributed by atoms with Crippen LogP contribution >= 0.6 is 0 Å². The lowest BCUT2D eigenvalue weighted by atomic mass is 10.0. The van der Waals surface area contributed by atoms with Crippen molar-refractivity contribution in [1.29, 1.82) is 0 Å². The van der Waals surface area contributed by atoms with E-state index >= 15 is 0 Å². The van der Waals surface area contributed by atoms with Gasteiger partial charge >= 0.3 is 0 Å². The summed E-state index contributed by atoms with van der Waals surface area (Å²) in [6, 6.07) is 0. The Labute approximate surface area is 86.5 Å². The molecule has 80 valence electrons. The molecule has 1 heterocycles. The number of nitrogens with one attached hydrogen (secondary N) is 1. The highest BCUT2D eigenvalue weighted by Crippen LogP contribution is 2.17. The molecule has 0 saturated heterocycles. The second kappa shape index (κ2) is 4.60. The van der Waals surface area contributed by atoms with Crippen LogP contribution in [0, 0.1) is 12.8 Å². The molecule has 0 radical (unpaired) electrons. The Hall–Kier alpha value is -0.830. The smallest absolute Gasteiger partial charge is 0.0797 e. The molecule has 0 aliphatic heterocycles. The van der Waals surface area contributed by atoms with E-state index in [-0.39, 0.29) is 0 Å². The summed E-state index contributed by atoms with van der Waals surface area (Å²) in [5.41, 5.74) is 3.90. The van der Waals surface area contributed by atoms with Gasteiger partial charge in [0.15, 0.2) is 0 Å². The first-order valence-corrected chi connectivity index (χ1v) is 5.22. The van der Waals surface area contributed by atoms with Gasteiger partial charge in [-0.25, -0.2) is 0 Å². The Bertz CT molecular complexity index is 300. The van der Waals surface area contributed by atoms with Crippen LogP contribution in [-0.2, 0) is 20.0 Å². The molecule has 3 nitrogen and oxygen atoms in total. The van der Waals surface area contributed by atoms with Gasteiger partial charge in [0.05, 0.1) is 5.69 Å². The highest BCUT2D eigenvalue weighted by molar-refractivity contribution is 5.25. The minimum absolute atomic E-state index is 0.688. The average Bonchev–Trinajstić information content (AvgIpc) is 2.33. The molecule has 1 aromatic heterocycles.